The lowest BCUT2D eigenvalue weighted by Crippen LogP contribution is -1.63. The van der Waals surface area contributed by atoms with Crippen LogP contribution < -0.4 is 0 Å². The van der Waals surface area contributed by atoms with E-state index in [1.165, 1.54) is 6.26 Å². The molecule has 44 valence electrons. The summed E-state index contributed by atoms with van der Waals surface area (Å²) in [5.41, 5.74) is 0.814. The third-order valence-electron chi connectivity index (χ3n) is 0.456. The monoisotopic (exact) mass is 113 g/mol. The molecule has 3 heteroatoms. The average Bonchev–Trinajstić information content (AvgIpc) is 1.66. The van der Waals surface area contributed by atoms with Crippen LogP contribution in [0.3, 0.4) is 0 Å². The fourth-order valence-corrected chi connectivity index (χ4v) is 0.171. The maximum absolute atomic E-state index is 9.23. The number of allylic oxidation sites excluding steroid dienone is 2. The Morgan fingerprint density at radius 1 is 1.88 bits per heavy atom. The number of hydrogen-bond acceptors (Lipinski definition) is 3. The molecule has 0 aliphatic carbocycles. The van der Waals surface area contributed by atoms with Crippen molar-refractivity contribution in [2.75, 3.05) is 0 Å². The molecule has 0 aromatic rings. The molecule has 0 aliphatic heterocycles. The van der Waals surface area contributed by atoms with Crippen LogP contribution in [0.15, 0.2) is 29.8 Å². The Kier molecular flexibility index (Phi) is 3.48. The van der Waals surface area contributed by atoms with Crippen molar-refractivity contribution in [3.8, 4) is 0 Å². The minimum absolute atomic E-state index is 0.814. The summed E-state index contributed by atoms with van der Waals surface area (Å²) in [6, 6.07) is 0. The predicted octanol–water partition coefficient (Wildman–Crippen LogP) is 1.77. The molecule has 0 spiro atoms. The normalized spacial score (nSPS) is 9.12. The number of nitrogens with zero attached hydrogens (tertiary/aromatic N) is 1. The molecule has 0 aliphatic rings. The topological polar surface area (TPSA) is 38.7 Å². The van der Waals surface area contributed by atoms with E-state index in [1.807, 2.05) is 0 Å². The van der Waals surface area contributed by atoms with Crippen molar-refractivity contribution in [2.45, 2.75) is 6.92 Å². The van der Waals surface area contributed by atoms with Gasteiger partial charge in [-0.3, -0.25) is 0 Å². The van der Waals surface area contributed by atoms with Gasteiger partial charge in [-0.25, -0.2) is 0 Å². The van der Waals surface area contributed by atoms with Gasteiger partial charge in [0.1, 0.15) is 6.26 Å². The fourth-order valence-electron chi connectivity index (χ4n) is 0.171. The molecule has 0 N–H and O–H groups in total. The molecule has 3 nitrogen and oxygen atoms in total. The van der Waals surface area contributed by atoms with Crippen LogP contribution >= 0.6 is 0 Å². The van der Waals surface area contributed by atoms with Crippen LogP contribution in [0.25, 0.3) is 0 Å². The Balaban J connectivity index is 3.34. The summed E-state index contributed by atoms with van der Waals surface area (Å²) in [4.78, 5) is 13.2. The number of rotatable bonds is 3. The van der Waals surface area contributed by atoms with Gasteiger partial charge in [-0.1, -0.05) is 12.2 Å². The predicted molar refractivity (Wildman–Crippen MR) is 30.8 cm³/mol. The first-order valence-electron chi connectivity index (χ1n) is 2.08. The van der Waals surface area contributed by atoms with Gasteiger partial charge in [0.15, 0.2) is 5.34 Å². The summed E-state index contributed by atoms with van der Waals surface area (Å²) in [5.74, 6) is 0. The second-order valence-electron chi connectivity index (χ2n) is 1.33. The van der Waals surface area contributed by atoms with Crippen molar-refractivity contribution in [3.63, 3.8) is 0 Å². The van der Waals surface area contributed by atoms with E-state index >= 15 is 0 Å². The van der Waals surface area contributed by atoms with Crippen molar-refractivity contribution in [3.05, 3.63) is 29.4 Å². The standard InChI is InChI=1S/C5H7NO2/c1-5(2)3-4-8-6-7/h3-4H,1H2,2H3. The highest BCUT2D eigenvalue weighted by Crippen LogP contribution is 1.88. The van der Waals surface area contributed by atoms with Gasteiger partial charge in [0, 0.05) is 0 Å². The first kappa shape index (κ1) is 6.88. The molecular weight excluding hydrogens is 106 g/mol. The zero-order valence-corrected chi connectivity index (χ0v) is 4.63. The van der Waals surface area contributed by atoms with Crippen molar-refractivity contribution >= 4 is 0 Å². The molecule has 0 amide bonds. The van der Waals surface area contributed by atoms with Crippen LogP contribution in [0.2, 0.25) is 0 Å². The molecule has 0 saturated heterocycles. The summed E-state index contributed by atoms with van der Waals surface area (Å²) in [5, 5.41) is 2.13. The van der Waals surface area contributed by atoms with Crippen LogP contribution in [0, 0.1) is 4.91 Å². The molecule has 0 atom stereocenters. The molecule has 0 saturated carbocycles. The lowest BCUT2D eigenvalue weighted by molar-refractivity contribution is 0.262. The molecule has 0 radical (unpaired) electrons. The quantitative estimate of drug-likeness (QED) is 0.242. The molecular formula is C5H7NO2. The molecule has 0 rings (SSSR count). The molecule has 0 fully saturated rings. The first-order valence-corrected chi connectivity index (χ1v) is 2.08. The summed E-state index contributed by atoms with van der Waals surface area (Å²) in [6.45, 7) is 5.30. The summed E-state index contributed by atoms with van der Waals surface area (Å²) >= 11 is 0. The van der Waals surface area contributed by atoms with Gasteiger partial charge >= 0.3 is 0 Å². The maximum atomic E-state index is 9.23. The van der Waals surface area contributed by atoms with E-state index in [1.54, 1.807) is 13.0 Å². The average molecular weight is 113 g/mol. The van der Waals surface area contributed by atoms with Crippen LogP contribution in [0.5, 0.6) is 0 Å². The summed E-state index contributed by atoms with van der Waals surface area (Å²) < 4.78 is 0. The summed E-state index contributed by atoms with van der Waals surface area (Å²) in [6.07, 6.45) is 2.72. The third-order valence-corrected chi connectivity index (χ3v) is 0.456. The molecule has 0 aromatic carbocycles. The zero-order chi connectivity index (χ0) is 6.41. The lowest BCUT2D eigenvalue weighted by Gasteiger charge is -1.80. The molecule has 8 heavy (non-hydrogen) atoms. The minimum Gasteiger partial charge on any atom is -0.332 e. The highest BCUT2D eigenvalue weighted by atomic mass is 16.7. The van der Waals surface area contributed by atoms with E-state index in [9.17, 15) is 4.91 Å². The van der Waals surface area contributed by atoms with Crippen molar-refractivity contribution in [1.82, 2.24) is 0 Å². The van der Waals surface area contributed by atoms with E-state index < -0.39 is 0 Å². The minimum atomic E-state index is 0.814. The van der Waals surface area contributed by atoms with Crippen molar-refractivity contribution < 1.29 is 4.84 Å². The van der Waals surface area contributed by atoms with Gasteiger partial charge in [0.05, 0.1) is 0 Å². The smallest absolute Gasteiger partial charge is 0.160 e. The Hall–Kier alpha value is -1.12. The van der Waals surface area contributed by atoms with Gasteiger partial charge in [-0.2, -0.15) is 0 Å². The van der Waals surface area contributed by atoms with Crippen LogP contribution in [-0.4, -0.2) is 0 Å². The Bertz CT molecular complexity index is 118. The van der Waals surface area contributed by atoms with Crippen molar-refractivity contribution in [1.29, 1.82) is 0 Å². The molecule has 0 aromatic heterocycles. The summed E-state index contributed by atoms with van der Waals surface area (Å²) in [7, 11) is 0. The van der Waals surface area contributed by atoms with Gasteiger partial charge < -0.3 is 4.84 Å². The van der Waals surface area contributed by atoms with Gasteiger partial charge in [-0.05, 0) is 13.0 Å². The van der Waals surface area contributed by atoms with Crippen LogP contribution in [-0.2, 0) is 4.84 Å². The van der Waals surface area contributed by atoms with E-state index in [4.69, 9.17) is 0 Å². The van der Waals surface area contributed by atoms with Gasteiger partial charge in [0.25, 0.3) is 0 Å². The zero-order valence-electron chi connectivity index (χ0n) is 4.63. The third kappa shape index (κ3) is 4.88. The van der Waals surface area contributed by atoms with Crippen molar-refractivity contribution in [2.24, 2.45) is 5.34 Å². The Labute approximate surface area is 47.6 Å². The number of hydrogen-bond donors (Lipinski definition) is 0. The largest absolute Gasteiger partial charge is 0.332 e. The SMILES string of the molecule is C=C(C)C=CON=O. The van der Waals surface area contributed by atoms with E-state index in [-0.39, 0.29) is 0 Å². The Morgan fingerprint density at radius 3 is 2.88 bits per heavy atom. The van der Waals surface area contributed by atoms with E-state index in [2.05, 4.69) is 16.8 Å². The highest BCUT2D eigenvalue weighted by Gasteiger charge is 1.71. The van der Waals surface area contributed by atoms with Crippen LogP contribution in [0.1, 0.15) is 6.92 Å². The molecule has 0 heterocycles. The van der Waals surface area contributed by atoms with Gasteiger partial charge in [-0.15, -0.1) is 4.91 Å². The second kappa shape index (κ2) is 4.05. The lowest BCUT2D eigenvalue weighted by atomic mass is 10.4. The van der Waals surface area contributed by atoms with E-state index in [0.29, 0.717) is 0 Å². The fraction of sp³-hybridized carbons (Fsp3) is 0.200. The van der Waals surface area contributed by atoms with E-state index in [0.717, 1.165) is 5.57 Å². The maximum Gasteiger partial charge on any atom is 0.160 e. The molecule has 0 bridgehead atoms. The van der Waals surface area contributed by atoms with Gasteiger partial charge in [0.2, 0.25) is 0 Å². The second-order valence-corrected chi connectivity index (χ2v) is 1.33. The first-order chi connectivity index (χ1) is 3.77. The Morgan fingerprint density at radius 2 is 2.50 bits per heavy atom. The highest BCUT2D eigenvalue weighted by molar-refractivity contribution is 5.08. The van der Waals surface area contributed by atoms with Crippen LogP contribution in [0.4, 0.5) is 0 Å². The molecule has 0 unspecified atom stereocenters.